The average molecular weight is 251 g/mol. The monoisotopic (exact) mass is 251 g/mol. The SMILES string of the molecule is CNC(=O)c1cn(C)c(-c2c(F)cccc2F)n1. The molecular weight excluding hydrogens is 240 g/mol. The number of carbonyl (C=O) groups excluding carboxylic acids is 1. The standard InChI is InChI=1S/C12H11F2N3O/c1-15-12(18)9-6-17(2)11(16-9)10-7(13)4-3-5-8(10)14/h3-6H,1-2H3,(H,15,18). The van der Waals surface area contributed by atoms with E-state index in [-0.39, 0.29) is 17.1 Å². The second-order valence-electron chi connectivity index (χ2n) is 3.74. The Morgan fingerprint density at radius 1 is 1.33 bits per heavy atom. The van der Waals surface area contributed by atoms with E-state index in [9.17, 15) is 13.6 Å². The molecule has 1 N–H and O–H groups in total. The lowest BCUT2D eigenvalue weighted by molar-refractivity contribution is 0.0958. The van der Waals surface area contributed by atoms with Crippen LogP contribution in [-0.4, -0.2) is 22.5 Å². The fourth-order valence-electron chi connectivity index (χ4n) is 1.65. The molecule has 94 valence electrons. The number of hydrogen-bond donors (Lipinski definition) is 1. The van der Waals surface area contributed by atoms with Crippen LogP contribution in [0.25, 0.3) is 11.4 Å². The van der Waals surface area contributed by atoms with Gasteiger partial charge in [0.05, 0.1) is 5.56 Å². The maximum absolute atomic E-state index is 13.6. The van der Waals surface area contributed by atoms with Gasteiger partial charge in [-0.3, -0.25) is 4.79 Å². The number of rotatable bonds is 2. The lowest BCUT2D eigenvalue weighted by Crippen LogP contribution is -2.18. The largest absolute Gasteiger partial charge is 0.354 e. The van der Waals surface area contributed by atoms with Crippen molar-refractivity contribution in [2.75, 3.05) is 7.05 Å². The summed E-state index contributed by atoms with van der Waals surface area (Å²) in [6.07, 6.45) is 1.42. The molecule has 4 nitrogen and oxygen atoms in total. The van der Waals surface area contributed by atoms with E-state index in [4.69, 9.17) is 0 Å². The van der Waals surface area contributed by atoms with Crippen molar-refractivity contribution in [1.82, 2.24) is 14.9 Å². The fraction of sp³-hybridized carbons (Fsp3) is 0.167. The molecule has 0 aliphatic heterocycles. The van der Waals surface area contributed by atoms with Crippen LogP contribution in [0, 0.1) is 11.6 Å². The van der Waals surface area contributed by atoms with Gasteiger partial charge in [-0.1, -0.05) is 6.07 Å². The average Bonchev–Trinajstić information content (AvgIpc) is 2.70. The minimum absolute atomic E-state index is 0.0733. The third-order valence-corrected chi connectivity index (χ3v) is 2.52. The number of benzene rings is 1. The summed E-state index contributed by atoms with van der Waals surface area (Å²) in [7, 11) is 3.03. The minimum Gasteiger partial charge on any atom is -0.354 e. The van der Waals surface area contributed by atoms with E-state index >= 15 is 0 Å². The molecule has 2 aromatic rings. The van der Waals surface area contributed by atoms with Gasteiger partial charge in [0.25, 0.3) is 5.91 Å². The van der Waals surface area contributed by atoms with Crippen molar-refractivity contribution in [2.24, 2.45) is 7.05 Å². The van der Waals surface area contributed by atoms with Crippen molar-refractivity contribution in [3.63, 3.8) is 0 Å². The number of hydrogen-bond acceptors (Lipinski definition) is 2. The molecule has 0 atom stereocenters. The molecule has 18 heavy (non-hydrogen) atoms. The van der Waals surface area contributed by atoms with E-state index in [0.717, 1.165) is 12.1 Å². The molecule has 0 saturated heterocycles. The number of halogens is 2. The van der Waals surface area contributed by atoms with Gasteiger partial charge in [-0.15, -0.1) is 0 Å². The van der Waals surface area contributed by atoms with E-state index in [2.05, 4.69) is 10.3 Å². The summed E-state index contributed by atoms with van der Waals surface area (Å²) in [5, 5.41) is 2.40. The molecule has 0 unspecified atom stereocenters. The molecule has 0 saturated carbocycles. The molecule has 0 spiro atoms. The zero-order valence-corrected chi connectivity index (χ0v) is 9.87. The number of imidazole rings is 1. The van der Waals surface area contributed by atoms with E-state index < -0.39 is 17.5 Å². The minimum atomic E-state index is -0.716. The Hall–Kier alpha value is -2.24. The van der Waals surface area contributed by atoms with Gasteiger partial charge in [-0.25, -0.2) is 13.8 Å². The maximum atomic E-state index is 13.6. The lowest BCUT2D eigenvalue weighted by atomic mass is 10.2. The molecule has 1 heterocycles. The number of nitrogens with zero attached hydrogens (tertiary/aromatic N) is 2. The topological polar surface area (TPSA) is 46.9 Å². The number of amides is 1. The van der Waals surface area contributed by atoms with Gasteiger partial charge in [0.15, 0.2) is 0 Å². The Labute approximate surface area is 102 Å². The highest BCUT2D eigenvalue weighted by molar-refractivity contribution is 5.92. The van der Waals surface area contributed by atoms with Crippen molar-refractivity contribution in [3.8, 4) is 11.4 Å². The summed E-state index contributed by atoms with van der Waals surface area (Å²) < 4.78 is 28.6. The van der Waals surface area contributed by atoms with Crippen LogP contribution in [0.3, 0.4) is 0 Å². The number of aromatic nitrogens is 2. The van der Waals surface area contributed by atoms with Crippen LogP contribution in [0.2, 0.25) is 0 Å². The molecule has 0 radical (unpaired) electrons. The maximum Gasteiger partial charge on any atom is 0.271 e. The molecule has 0 fully saturated rings. The summed E-state index contributed by atoms with van der Waals surface area (Å²) >= 11 is 0. The van der Waals surface area contributed by atoms with E-state index in [1.807, 2.05) is 0 Å². The summed E-state index contributed by atoms with van der Waals surface area (Å²) in [5.74, 6) is -1.77. The summed E-state index contributed by atoms with van der Waals surface area (Å²) in [6.45, 7) is 0. The van der Waals surface area contributed by atoms with Crippen molar-refractivity contribution < 1.29 is 13.6 Å². The van der Waals surface area contributed by atoms with Gasteiger partial charge in [-0.2, -0.15) is 0 Å². The van der Waals surface area contributed by atoms with Crippen LogP contribution in [0.1, 0.15) is 10.5 Å². The zero-order chi connectivity index (χ0) is 13.3. The summed E-state index contributed by atoms with van der Waals surface area (Å²) in [4.78, 5) is 15.3. The second kappa shape index (κ2) is 4.56. The third kappa shape index (κ3) is 1.97. The first-order valence-electron chi connectivity index (χ1n) is 5.24. The van der Waals surface area contributed by atoms with Gasteiger partial charge in [-0.05, 0) is 12.1 Å². The Bertz CT molecular complexity index is 587. The van der Waals surface area contributed by atoms with Crippen molar-refractivity contribution in [2.45, 2.75) is 0 Å². The highest BCUT2D eigenvalue weighted by Crippen LogP contribution is 2.24. The zero-order valence-electron chi connectivity index (χ0n) is 9.87. The molecular formula is C12H11F2N3O. The van der Waals surface area contributed by atoms with Crippen LogP contribution < -0.4 is 5.32 Å². The van der Waals surface area contributed by atoms with Crippen molar-refractivity contribution >= 4 is 5.91 Å². The van der Waals surface area contributed by atoms with Gasteiger partial charge in [0.1, 0.15) is 23.2 Å². The van der Waals surface area contributed by atoms with Crippen molar-refractivity contribution in [1.29, 1.82) is 0 Å². The second-order valence-corrected chi connectivity index (χ2v) is 3.74. The molecule has 1 aromatic carbocycles. The van der Waals surface area contributed by atoms with E-state index in [1.54, 1.807) is 7.05 Å². The number of aryl methyl sites for hydroxylation is 1. The van der Waals surface area contributed by atoms with Crippen LogP contribution in [0.15, 0.2) is 24.4 Å². The lowest BCUT2D eigenvalue weighted by Gasteiger charge is -2.04. The highest BCUT2D eigenvalue weighted by Gasteiger charge is 2.18. The summed E-state index contributed by atoms with van der Waals surface area (Å²) in [6, 6.07) is 3.57. The van der Waals surface area contributed by atoms with Crippen molar-refractivity contribution in [3.05, 3.63) is 41.7 Å². The van der Waals surface area contributed by atoms with Gasteiger partial charge < -0.3 is 9.88 Å². The third-order valence-electron chi connectivity index (χ3n) is 2.52. The molecule has 0 aliphatic rings. The normalized spacial score (nSPS) is 10.4. The molecule has 1 aromatic heterocycles. The van der Waals surface area contributed by atoms with Gasteiger partial charge in [0.2, 0.25) is 0 Å². The Morgan fingerprint density at radius 2 is 1.94 bits per heavy atom. The van der Waals surface area contributed by atoms with Crippen LogP contribution in [-0.2, 0) is 7.05 Å². The van der Waals surface area contributed by atoms with E-state index in [0.29, 0.717) is 0 Å². The number of nitrogens with one attached hydrogen (secondary N) is 1. The molecule has 0 aliphatic carbocycles. The first-order chi connectivity index (χ1) is 8.54. The molecule has 0 bridgehead atoms. The van der Waals surface area contributed by atoms with Gasteiger partial charge in [0, 0.05) is 20.3 Å². The predicted octanol–water partition coefficient (Wildman–Crippen LogP) is 1.72. The molecule has 2 rings (SSSR count). The van der Waals surface area contributed by atoms with E-state index in [1.165, 1.54) is 23.9 Å². The Morgan fingerprint density at radius 3 is 2.50 bits per heavy atom. The van der Waals surface area contributed by atoms with Gasteiger partial charge >= 0.3 is 0 Å². The Balaban J connectivity index is 2.58. The Kier molecular flexibility index (Phi) is 3.10. The first-order valence-corrected chi connectivity index (χ1v) is 5.24. The van der Waals surface area contributed by atoms with Crippen LogP contribution >= 0.6 is 0 Å². The molecule has 1 amide bonds. The van der Waals surface area contributed by atoms with Crippen LogP contribution in [0.5, 0.6) is 0 Å². The smallest absolute Gasteiger partial charge is 0.271 e. The molecule has 6 heteroatoms. The predicted molar refractivity (Wildman–Crippen MR) is 62.0 cm³/mol. The fourth-order valence-corrected chi connectivity index (χ4v) is 1.65. The highest BCUT2D eigenvalue weighted by atomic mass is 19.1. The summed E-state index contributed by atoms with van der Waals surface area (Å²) in [5.41, 5.74) is -0.132. The first kappa shape index (κ1) is 12.2. The van der Waals surface area contributed by atoms with Crippen LogP contribution in [0.4, 0.5) is 8.78 Å². The number of carbonyl (C=O) groups is 1. The quantitative estimate of drug-likeness (QED) is 0.883.